The highest BCUT2D eigenvalue weighted by Crippen LogP contribution is 2.36. The van der Waals surface area contributed by atoms with Gasteiger partial charge in [0.1, 0.15) is 23.4 Å². The van der Waals surface area contributed by atoms with E-state index in [9.17, 15) is 20.4 Å². The van der Waals surface area contributed by atoms with Gasteiger partial charge in [0.2, 0.25) is 0 Å². The van der Waals surface area contributed by atoms with Crippen molar-refractivity contribution in [3.63, 3.8) is 0 Å². The number of aliphatic hydroxyl groups excluding tert-OH is 5. The van der Waals surface area contributed by atoms with Crippen LogP contribution in [0.2, 0.25) is 0 Å². The Balaban J connectivity index is 2.15. The molecule has 0 fully saturated rings. The quantitative estimate of drug-likeness (QED) is 0.375. The van der Waals surface area contributed by atoms with Crippen molar-refractivity contribution in [2.24, 2.45) is 5.10 Å². The van der Waals surface area contributed by atoms with E-state index in [2.05, 4.69) is 10.5 Å². The average molecular weight is 314 g/mol. The first kappa shape index (κ1) is 16.2. The largest absolute Gasteiger partial charge is 0.394 e. The van der Waals surface area contributed by atoms with E-state index >= 15 is 0 Å². The van der Waals surface area contributed by atoms with Crippen molar-refractivity contribution in [3.05, 3.63) is 35.9 Å². The average Bonchev–Trinajstić information content (AvgIpc) is 2.99. The van der Waals surface area contributed by atoms with Gasteiger partial charge >= 0.3 is 0 Å². The minimum absolute atomic E-state index is 0.520. The number of nitrogens with zero attached hydrogens (tertiary/aromatic N) is 1. The summed E-state index contributed by atoms with van der Waals surface area (Å²) in [5, 5.41) is 52.5. The molecule has 1 aliphatic heterocycles. The van der Waals surface area contributed by atoms with Crippen molar-refractivity contribution in [2.45, 2.75) is 23.2 Å². The molecule has 0 radical (unpaired) electrons. The van der Waals surface area contributed by atoms with Crippen LogP contribution in [-0.2, 0) is 0 Å². The molecule has 0 aromatic heterocycles. The number of hydrazone groups is 1. The predicted molar refractivity (Wildman–Crippen MR) is 78.6 cm³/mol. The lowest BCUT2D eigenvalue weighted by atomic mass is 10.0. The van der Waals surface area contributed by atoms with Crippen molar-refractivity contribution in [2.75, 3.05) is 13.2 Å². The van der Waals surface area contributed by atoms with Crippen molar-refractivity contribution in [1.29, 1.82) is 0 Å². The zero-order valence-corrected chi connectivity index (χ0v) is 11.9. The second-order valence-electron chi connectivity index (χ2n) is 4.73. The summed E-state index contributed by atoms with van der Waals surface area (Å²) in [5.74, 6) is 0. The molecule has 0 saturated heterocycles. The normalized spacial score (nSPS) is 25.9. The Morgan fingerprint density at radius 2 is 1.81 bits per heavy atom. The van der Waals surface area contributed by atoms with Crippen LogP contribution in [0.15, 0.2) is 35.4 Å². The Bertz CT molecular complexity index is 501. The van der Waals surface area contributed by atoms with E-state index in [1.807, 2.05) is 30.3 Å². The summed E-state index contributed by atoms with van der Waals surface area (Å²) in [6, 6.07) is 9.17. The van der Waals surface area contributed by atoms with Gasteiger partial charge in [-0.05, 0) is 0 Å². The summed E-state index contributed by atoms with van der Waals surface area (Å²) in [5.41, 5.74) is 3.43. The van der Waals surface area contributed by atoms with Crippen LogP contribution < -0.4 is 5.43 Å². The fourth-order valence-electron chi connectivity index (χ4n) is 1.95. The molecule has 0 amide bonds. The first-order chi connectivity index (χ1) is 10.0. The molecule has 0 saturated carbocycles. The number of hydrogen-bond donors (Lipinski definition) is 6. The van der Waals surface area contributed by atoms with Crippen molar-refractivity contribution in [1.82, 2.24) is 5.43 Å². The van der Waals surface area contributed by atoms with Crippen molar-refractivity contribution >= 4 is 16.8 Å². The third kappa shape index (κ3) is 3.20. The molecule has 0 unspecified atom stereocenters. The standard InChI is InChI=1S/C13H18N2O5S/c16-6-9(18)10(19)11(20)13(7-17)15-14-12(21-13)8-4-2-1-3-5-8/h1-5,9-11,15-20H,6-7H2/t9-,10-,11-,13-/m0/s1. The molecule has 2 rings (SSSR count). The van der Waals surface area contributed by atoms with Gasteiger partial charge in [-0.3, -0.25) is 5.43 Å². The number of hydrogen-bond acceptors (Lipinski definition) is 8. The maximum absolute atomic E-state index is 10.2. The van der Waals surface area contributed by atoms with E-state index in [0.717, 1.165) is 17.3 Å². The lowest BCUT2D eigenvalue weighted by molar-refractivity contribution is -0.0969. The number of rotatable bonds is 6. The summed E-state index contributed by atoms with van der Waals surface area (Å²) in [4.78, 5) is -1.37. The lowest BCUT2D eigenvalue weighted by Gasteiger charge is -2.35. The maximum atomic E-state index is 10.2. The van der Waals surface area contributed by atoms with E-state index in [1.54, 1.807) is 0 Å². The van der Waals surface area contributed by atoms with Gasteiger partial charge in [0.25, 0.3) is 0 Å². The Morgan fingerprint density at radius 3 is 2.38 bits per heavy atom. The van der Waals surface area contributed by atoms with Gasteiger partial charge in [-0.15, -0.1) is 0 Å². The van der Waals surface area contributed by atoms with Gasteiger partial charge in [0, 0.05) is 5.56 Å². The molecule has 0 spiro atoms. The minimum Gasteiger partial charge on any atom is -0.394 e. The second-order valence-corrected chi connectivity index (χ2v) is 6.05. The molecular weight excluding hydrogens is 296 g/mol. The maximum Gasteiger partial charge on any atom is 0.157 e. The van der Waals surface area contributed by atoms with Gasteiger partial charge in [-0.2, -0.15) is 5.10 Å². The Labute approximate surface area is 125 Å². The minimum atomic E-state index is -1.62. The molecule has 6 N–H and O–H groups in total. The van der Waals surface area contributed by atoms with E-state index in [1.165, 1.54) is 0 Å². The first-order valence-electron chi connectivity index (χ1n) is 6.39. The van der Waals surface area contributed by atoms with Crippen LogP contribution in [0.25, 0.3) is 0 Å². The molecule has 8 heteroatoms. The number of benzene rings is 1. The van der Waals surface area contributed by atoms with Gasteiger partial charge in [0.05, 0.1) is 13.2 Å². The lowest BCUT2D eigenvalue weighted by Crippen LogP contribution is -2.58. The monoisotopic (exact) mass is 314 g/mol. The van der Waals surface area contributed by atoms with E-state index in [0.29, 0.717) is 5.04 Å². The highest BCUT2D eigenvalue weighted by molar-refractivity contribution is 8.15. The van der Waals surface area contributed by atoms with Crippen LogP contribution >= 0.6 is 11.8 Å². The summed E-state index contributed by atoms with van der Waals surface area (Å²) in [6.07, 6.45) is -4.65. The van der Waals surface area contributed by atoms with Gasteiger partial charge in [0.15, 0.2) is 4.87 Å². The summed E-state index contributed by atoms with van der Waals surface area (Å²) in [6.45, 7) is -1.22. The Hall–Kier alpha value is -1.16. The van der Waals surface area contributed by atoms with Gasteiger partial charge in [-0.1, -0.05) is 42.1 Å². The van der Waals surface area contributed by atoms with Crippen LogP contribution in [0.3, 0.4) is 0 Å². The summed E-state index contributed by atoms with van der Waals surface area (Å²) in [7, 11) is 0. The van der Waals surface area contributed by atoms with Crippen LogP contribution in [0.4, 0.5) is 0 Å². The number of aliphatic hydroxyl groups is 5. The summed E-state index contributed by atoms with van der Waals surface area (Å²) < 4.78 is 0. The molecule has 116 valence electrons. The summed E-state index contributed by atoms with van der Waals surface area (Å²) >= 11 is 1.06. The molecule has 0 bridgehead atoms. The van der Waals surface area contributed by atoms with Crippen LogP contribution in [0.5, 0.6) is 0 Å². The molecule has 21 heavy (non-hydrogen) atoms. The van der Waals surface area contributed by atoms with Gasteiger partial charge in [-0.25, -0.2) is 0 Å². The SMILES string of the molecule is OC[C@H](O)[C@H](O)[C@H](O)[C@@]1(CO)NN=C(c2ccccc2)S1. The van der Waals surface area contributed by atoms with Crippen LogP contribution in [0.1, 0.15) is 5.56 Å². The Kier molecular flexibility index (Phi) is 5.20. The third-order valence-electron chi connectivity index (χ3n) is 3.26. The number of thioether (sulfide) groups is 1. The van der Waals surface area contributed by atoms with E-state index in [-0.39, 0.29) is 0 Å². The van der Waals surface area contributed by atoms with Gasteiger partial charge < -0.3 is 25.5 Å². The third-order valence-corrected chi connectivity index (χ3v) is 4.61. The molecule has 1 heterocycles. The second kappa shape index (κ2) is 6.73. The molecule has 7 nitrogen and oxygen atoms in total. The van der Waals surface area contributed by atoms with Crippen LogP contribution in [-0.4, -0.2) is 67.0 Å². The van der Waals surface area contributed by atoms with E-state index < -0.39 is 36.4 Å². The zero-order chi connectivity index (χ0) is 15.5. The molecule has 1 aromatic rings. The fourth-order valence-corrected chi connectivity index (χ4v) is 3.06. The highest BCUT2D eigenvalue weighted by atomic mass is 32.2. The molecule has 0 aliphatic carbocycles. The molecular formula is C13H18N2O5S. The number of nitrogens with one attached hydrogen (secondary N) is 1. The molecule has 1 aliphatic rings. The van der Waals surface area contributed by atoms with Crippen molar-refractivity contribution in [3.8, 4) is 0 Å². The highest BCUT2D eigenvalue weighted by Gasteiger charge is 2.48. The first-order valence-corrected chi connectivity index (χ1v) is 7.21. The Morgan fingerprint density at radius 1 is 1.14 bits per heavy atom. The molecule has 4 atom stereocenters. The predicted octanol–water partition coefficient (Wildman–Crippen LogP) is -1.55. The smallest absolute Gasteiger partial charge is 0.157 e. The molecule has 1 aromatic carbocycles. The fraction of sp³-hybridized carbons (Fsp3) is 0.462. The van der Waals surface area contributed by atoms with Crippen molar-refractivity contribution < 1.29 is 25.5 Å². The van der Waals surface area contributed by atoms with Crippen LogP contribution in [0, 0.1) is 0 Å². The topological polar surface area (TPSA) is 126 Å². The van der Waals surface area contributed by atoms with E-state index in [4.69, 9.17) is 5.11 Å². The zero-order valence-electron chi connectivity index (χ0n) is 11.1.